The van der Waals surface area contributed by atoms with Crippen molar-refractivity contribution in [1.29, 1.82) is 0 Å². The SMILES string of the molecule is NCCCCCCNS(=O)(=O)c1cccc2c(Cl)cccc12.[Cl-]. The Balaban J connectivity index is 0.00000264. The van der Waals surface area contributed by atoms with Gasteiger partial charge in [-0.1, -0.05) is 48.7 Å². The molecule has 7 heteroatoms. The van der Waals surface area contributed by atoms with Gasteiger partial charge < -0.3 is 18.1 Å². The lowest BCUT2D eigenvalue weighted by Gasteiger charge is -2.10. The molecule has 2 aromatic carbocycles. The van der Waals surface area contributed by atoms with Crippen molar-refractivity contribution in [3.05, 3.63) is 41.4 Å². The zero-order valence-electron chi connectivity index (χ0n) is 12.8. The number of sulfonamides is 1. The highest BCUT2D eigenvalue weighted by molar-refractivity contribution is 7.89. The van der Waals surface area contributed by atoms with Gasteiger partial charge in [0.05, 0.1) is 4.90 Å². The first-order valence-corrected chi connectivity index (χ1v) is 9.29. The Labute approximate surface area is 148 Å². The molecule has 0 unspecified atom stereocenters. The van der Waals surface area contributed by atoms with Crippen molar-refractivity contribution >= 4 is 32.4 Å². The van der Waals surface area contributed by atoms with Crippen LogP contribution in [0.5, 0.6) is 0 Å². The van der Waals surface area contributed by atoms with E-state index in [4.69, 9.17) is 17.3 Å². The molecule has 23 heavy (non-hydrogen) atoms. The van der Waals surface area contributed by atoms with E-state index in [9.17, 15) is 8.42 Å². The molecule has 0 heterocycles. The van der Waals surface area contributed by atoms with Gasteiger partial charge in [0.15, 0.2) is 0 Å². The van der Waals surface area contributed by atoms with Gasteiger partial charge in [0.2, 0.25) is 10.0 Å². The van der Waals surface area contributed by atoms with E-state index >= 15 is 0 Å². The van der Waals surface area contributed by atoms with Crippen LogP contribution in [0.15, 0.2) is 41.3 Å². The molecule has 0 fully saturated rings. The fraction of sp³-hybridized carbons (Fsp3) is 0.375. The fourth-order valence-corrected chi connectivity index (χ4v) is 3.92. The van der Waals surface area contributed by atoms with Crippen molar-refractivity contribution in [2.45, 2.75) is 30.6 Å². The summed E-state index contributed by atoms with van der Waals surface area (Å²) >= 11 is 6.13. The van der Waals surface area contributed by atoms with E-state index in [-0.39, 0.29) is 17.3 Å². The van der Waals surface area contributed by atoms with Crippen LogP contribution in [0.2, 0.25) is 5.02 Å². The lowest BCUT2D eigenvalue weighted by molar-refractivity contribution is -0.00000703. The predicted octanol–water partition coefficient (Wildman–Crippen LogP) is 0.295. The number of benzene rings is 2. The van der Waals surface area contributed by atoms with Crippen LogP contribution < -0.4 is 22.9 Å². The molecule has 0 saturated carbocycles. The average Bonchev–Trinajstić information content (AvgIpc) is 2.50. The highest BCUT2D eigenvalue weighted by Crippen LogP contribution is 2.28. The van der Waals surface area contributed by atoms with Crippen molar-refractivity contribution in [1.82, 2.24) is 4.72 Å². The van der Waals surface area contributed by atoms with Crippen LogP contribution in [0, 0.1) is 0 Å². The van der Waals surface area contributed by atoms with Crippen molar-refractivity contribution in [2.24, 2.45) is 5.73 Å². The number of halogens is 2. The highest BCUT2D eigenvalue weighted by atomic mass is 35.5. The summed E-state index contributed by atoms with van der Waals surface area (Å²) < 4.78 is 27.6. The Kier molecular flexibility index (Phi) is 8.29. The molecule has 0 aliphatic carbocycles. The van der Waals surface area contributed by atoms with Gasteiger partial charge in [0, 0.05) is 22.3 Å². The number of nitrogens with one attached hydrogen (secondary N) is 1. The van der Waals surface area contributed by atoms with E-state index in [1.165, 1.54) is 0 Å². The molecule has 0 saturated heterocycles. The quantitative estimate of drug-likeness (QED) is 0.651. The summed E-state index contributed by atoms with van der Waals surface area (Å²) in [5, 5.41) is 1.94. The molecule has 2 rings (SSSR count). The molecule has 2 aromatic rings. The molecule has 0 spiro atoms. The maximum atomic E-state index is 12.5. The molecule has 128 valence electrons. The first-order valence-electron chi connectivity index (χ1n) is 7.43. The molecular formula is C16H21Cl2N2O2S-. The number of unbranched alkanes of at least 4 members (excludes halogenated alkanes) is 3. The number of nitrogens with two attached hydrogens (primary N) is 1. The number of fused-ring (bicyclic) bond motifs is 1. The molecule has 4 nitrogen and oxygen atoms in total. The summed E-state index contributed by atoms with van der Waals surface area (Å²) in [6.07, 6.45) is 3.79. The van der Waals surface area contributed by atoms with Gasteiger partial charge in [0.25, 0.3) is 0 Å². The Hall–Kier alpha value is -0.850. The summed E-state index contributed by atoms with van der Waals surface area (Å²) in [6.45, 7) is 1.12. The molecule has 0 aliphatic rings. The maximum Gasteiger partial charge on any atom is 0.241 e. The molecule has 0 bridgehead atoms. The third kappa shape index (κ3) is 5.33. The Morgan fingerprint density at radius 3 is 2.35 bits per heavy atom. The van der Waals surface area contributed by atoms with Crippen LogP contribution in [0.25, 0.3) is 10.8 Å². The van der Waals surface area contributed by atoms with E-state index in [0.29, 0.717) is 23.5 Å². The molecule has 0 radical (unpaired) electrons. The van der Waals surface area contributed by atoms with Crippen LogP contribution in [0.3, 0.4) is 0 Å². The highest BCUT2D eigenvalue weighted by Gasteiger charge is 2.17. The Bertz CT molecular complexity index is 736. The zero-order chi connectivity index (χ0) is 16.0. The van der Waals surface area contributed by atoms with E-state index in [1.54, 1.807) is 30.3 Å². The molecule has 0 amide bonds. The lowest BCUT2D eigenvalue weighted by Crippen LogP contribution is -3.00. The minimum atomic E-state index is -3.53. The predicted molar refractivity (Wildman–Crippen MR) is 91.7 cm³/mol. The van der Waals surface area contributed by atoms with Crippen LogP contribution in [0.4, 0.5) is 0 Å². The van der Waals surface area contributed by atoms with Gasteiger partial charge in [-0.15, -0.1) is 0 Å². The van der Waals surface area contributed by atoms with E-state index < -0.39 is 10.0 Å². The number of hydrogen-bond donors (Lipinski definition) is 2. The smallest absolute Gasteiger partial charge is 0.241 e. The normalized spacial score (nSPS) is 11.4. The topological polar surface area (TPSA) is 72.2 Å². The average molecular weight is 376 g/mol. The molecule has 3 N–H and O–H groups in total. The van der Waals surface area contributed by atoms with E-state index in [2.05, 4.69) is 4.72 Å². The van der Waals surface area contributed by atoms with Gasteiger partial charge in [-0.2, -0.15) is 0 Å². The second-order valence-corrected chi connectivity index (χ2v) is 7.33. The van der Waals surface area contributed by atoms with Crippen molar-refractivity contribution < 1.29 is 20.8 Å². The Morgan fingerprint density at radius 2 is 1.61 bits per heavy atom. The lowest BCUT2D eigenvalue weighted by atomic mass is 10.1. The van der Waals surface area contributed by atoms with Gasteiger partial charge in [-0.3, -0.25) is 0 Å². The van der Waals surface area contributed by atoms with Crippen LogP contribution in [0.1, 0.15) is 25.7 Å². The van der Waals surface area contributed by atoms with E-state index in [0.717, 1.165) is 31.1 Å². The van der Waals surface area contributed by atoms with Crippen molar-refractivity contribution in [2.75, 3.05) is 13.1 Å². The summed E-state index contributed by atoms with van der Waals surface area (Å²) in [7, 11) is -3.53. The Morgan fingerprint density at radius 1 is 0.957 bits per heavy atom. The van der Waals surface area contributed by atoms with Crippen LogP contribution in [-0.2, 0) is 10.0 Å². The first-order chi connectivity index (χ1) is 10.6. The van der Waals surface area contributed by atoms with Crippen molar-refractivity contribution in [3.8, 4) is 0 Å². The minimum Gasteiger partial charge on any atom is -1.00 e. The molecular weight excluding hydrogens is 355 g/mol. The summed E-state index contributed by atoms with van der Waals surface area (Å²) in [4.78, 5) is 0.273. The third-order valence-electron chi connectivity index (χ3n) is 3.54. The first kappa shape index (κ1) is 20.2. The second-order valence-electron chi connectivity index (χ2n) is 5.19. The molecule has 0 aromatic heterocycles. The van der Waals surface area contributed by atoms with Crippen molar-refractivity contribution in [3.63, 3.8) is 0 Å². The largest absolute Gasteiger partial charge is 1.00 e. The maximum absolute atomic E-state index is 12.5. The summed E-state index contributed by atoms with van der Waals surface area (Å²) in [5.41, 5.74) is 5.43. The second kappa shape index (κ2) is 9.45. The third-order valence-corrected chi connectivity index (χ3v) is 5.39. The monoisotopic (exact) mass is 375 g/mol. The summed E-state index contributed by atoms with van der Waals surface area (Å²) in [6, 6.07) is 10.4. The molecule has 0 aliphatic heterocycles. The van der Waals surface area contributed by atoms with Gasteiger partial charge in [0.1, 0.15) is 0 Å². The standard InChI is InChI=1S/C16H21ClN2O2S.ClH/c17-15-9-5-8-14-13(15)7-6-10-16(14)22(20,21)19-12-4-2-1-3-11-18;/h5-10,19H,1-4,11-12,18H2;1H/p-1. The van der Waals surface area contributed by atoms with Gasteiger partial charge in [-0.25, -0.2) is 13.1 Å². The van der Waals surface area contributed by atoms with Gasteiger partial charge >= 0.3 is 0 Å². The minimum absolute atomic E-state index is 0. The zero-order valence-corrected chi connectivity index (χ0v) is 15.1. The number of hydrogen-bond acceptors (Lipinski definition) is 3. The number of rotatable bonds is 8. The van der Waals surface area contributed by atoms with Crippen LogP contribution in [-0.4, -0.2) is 21.5 Å². The summed E-state index contributed by atoms with van der Waals surface area (Å²) in [5.74, 6) is 0. The molecule has 0 atom stereocenters. The van der Waals surface area contributed by atoms with E-state index in [1.807, 2.05) is 6.07 Å². The fourth-order valence-electron chi connectivity index (χ4n) is 2.38. The van der Waals surface area contributed by atoms with Gasteiger partial charge in [-0.05, 0) is 31.5 Å². The van der Waals surface area contributed by atoms with Crippen LogP contribution >= 0.6 is 11.6 Å².